The van der Waals surface area contributed by atoms with E-state index >= 15 is 0 Å². The lowest BCUT2D eigenvalue weighted by atomic mass is 10.1. The highest BCUT2D eigenvalue weighted by atomic mass is 19.4. The van der Waals surface area contributed by atoms with Crippen LogP contribution in [0.15, 0.2) is 24.3 Å². The van der Waals surface area contributed by atoms with Crippen molar-refractivity contribution in [3.8, 4) is 5.75 Å². The first-order valence-corrected chi connectivity index (χ1v) is 6.91. The van der Waals surface area contributed by atoms with Crippen molar-refractivity contribution in [1.82, 2.24) is 5.32 Å². The van der Waals surface area contributed by atoms with Gasteiger partial charge >= 0.3 is 12.3 Å². The molecule has 1 N–H and O–H groups in total. The zero-order valence-corrected chi connectivity index (χ0v) is 13.5. The van der Waals surface area contributed by atoms with Crippen molar-refractivity contribution < 1.29 is 27.4 Å². The number of alkyl halides is 3. The van der Waals surface area contributed by atoms with Gasteiger partial charge in [-0.1, -0.05) is 12.2 Å². The summed E-state index contributed by atoms with van der Waals surface area (Å²) in [6, 6.07) is 3.20. The fraction of sp³-hybridized carbons (Fsp3) is 0.438. The Balaban J connectivity index is 2.74. The van der Waals surface area contributed by atoms with Crippen molar-refractivity contribution in [3.63, 3.8) is 0 Å². The predicted octanol–water partition coefficient (Wildman–Crippen LogP) is 4.25. The number of methoxy groups -OCH3 is 1. The van der Waals surface area contributed by atoms with E-state index in [9.17, 15) is 18.0 Å². The van der Waals surface area contributed by atoms with E-state index in [-0.39, 0.29) is 12.1 Å². The lowest BCUT2D eigenvalue weighted by molar-refractivity contribution is -0.137. The van der Waals surface area contributed by atoms with Gasteiger partial charge in [-0.15, -0.1) is 0 Å². The number of nitrogens with one attached hydrogen (secondary N) is 1. The first kappa shape index (κ1) is 18.9. The minimum absolute atomic E-state index is 0.119. The lowest BCUT2D eigenvalue weighted by Crippen LogP contribution is -2.32. The Morgan fingerprint density at radius 2 is 1.91 bits per heavy atom. The second-order valence-electron chi connectivity index (χ2n) is 5.74. The zero-order valence-electron chi connectivity index (χ0n) is 13.5. The van der Waals surface area contributed by atoms with Gasteiger partial charge in [0.15, 0.2) is 0 Å². The SMILES string of the molecule is COc1ccc(C(F)(F)F)cc1C=CCNC(=O)OC(C)(C)C. The number of benzene rings is 1. The van der Waals surface area contributed by atoms with E-state index in [1.54, 1.807) is 20.8 Å². The fourth-order valence-corrected chi connectivity index (χ4v) is 1.68. The summed E-state index contributed by atoms with van der Waals surface area (Å²) in [6.45, 7) is 5.32. The van der Waals surface area contributed by atoms with Crippen LogP contribution in [0, 0.1) is 0 Å². The van der Waals surface area contributed by atoms with Crippen LogP contribution < -0.4 is 10.1 Å². The van der Waals surface area contributed by atoms with Crippen molar-refractivity contribution in [1.29, 1.82) is 0 Å². The maximum absolute atomic E-state index is 12.7. The highest BCUT2D eigenvalue weighted by Gasteiger charge is 2.30. The van der Waals surface area contributed by atoms with E-state index in [4.69, 9.17) is 9.47 Å². The Morgan fingerprint density at radius 3 is 2.43 bits per heavy atom. The average Bonchev–Trinajstić information content (AvgIpc) is 2.40. The van der Waals surface area contributed by atoms with Gasteiger partial charge in [0.2, 0.25) is 0 Å². The molecule has 128 valence electrons. The van der Waals surface area contributed by atoms with Crippen molar-refractivity contribution in [2.24, 2.45) is 0 Å². The summed E-state index contributed by atoms with van der Waals surface area (Å²) >= 11 is 0. The first-order chi connectivity index (χ1) is 10.5. The van der Waals surface area contributed by atoms with Crippen molar-refractivity contribution >= 4 is 12.2 Å². The number of amides is 1. The summed E-state index contributed by atoms with van der Waals surface area (Å²) in [5.74, 6) is 0.312. The smallest absolute Gasteiger partial charge is 0.416 e. The Morgan fingerprint density at radius 1 is 1.26 bits per heavy atom. The number of alkyl carbamates (subject to hydrolysis) is 1. The largest absolute Gasteiger partial charge is 0.496 e. The van der Waals surface area contributed by atoms with Crippen LogP contribution in [-0.2, 0) is 10.9 Å². The molecule has 1 rings (SSSR count). The van der Waals surface area contributed by atoms with E-state index in [1.165, 1.54) is 25.3 Å². The minimum Gasteiger partial charge on any atom is -0.496 e. The second-order valence-corrected chi connectivity index (χ2v) is 5.74. The number of hydrogen-bond acceptors (Lipinski definition) is 3. The van der Waals surface area contributed by atoms with Gasteiger partial charge in [-0.3, -0.25) is 0 Å². The Labute approximate surface area is 133 Å². The molecule has 0 heterocycles. The Bertz CT molecular complexity index is 575. The quantitative estimate of drug-likeness (QED) is 0.897. The number of ether oxygens (including phenoxy) is 2. The first-order valence-electron chi connectivity index (χ1n) is 6.91. The molecule has 0 aliphatic carbocycles. The molecule has 0 atom stereocenters. The molecular formula is C16H20F3NO3. The minimum atomic E-state index is -4.43. The van der Waals surface area contributed by atoms with Crippen LogP contribution in [0.5, 0.6) is 5.75 Å². The molecule has 0 aromatic heterocycles. The number of hydrogen-bond donors (Lipinski definition) is 1. The number of carbonyl (C=O) groups excluding carboxylic acids is 1. The summed E-state index contributed by atoms with van der Waals surface area (Å²) in [7, 11) is 1.37. The normalized spacial score (nSPS) is 12.3. The van der Waals surface area contributed by atoms with E-state index in [2.05, 4.69) is 5.32 Å². The standard InChI is InChI=1S/C16H20F3NO3/c1-15(2,3)23-14(21)20-9-5-6-11-10-12(16(17,18)19)7-8-13(11)22-4/h5-8,10H,9H2,1-4H3,(H,20,21). The molecule has 0 saturated carbocycles. The van der Waals surface area contributed by atoms with Crippen LogP contribution in [0.3, 0.4) is 0 Å². The van der Waals surface area contributed by atoms with Gasteiger partial charge in [-0.2, -0.15) is 13.2 Å². The Kier molecular flexibility index (Phi) is 6.06. The molecule has 1 aromatic carbocycles. The molecule has 7 heteroatoms. The molecule has 0 aliphatic heterocycles. The summed E-state index contributed by atoms with van der Waals surface area (Å²) < 4.78 is 48.2. The molecule has 0 spiro atoms. The predicted molar refractivity (Wildman–Crippen MR) is 81.3 cm³/mol. The Hall–Kier alpha value is -2.18. The van der Waals surface area contributed by atoms with Crippen molar-refractivity contribution in [3.05, 3.63) is 35.4 Å². The number of carbonyl (C=O) groups is 1. The molecule has 0 radical (unpaired) electrons. The zero-order chi connectivity index (χ0) is 17.7. The van der Waals surface area contributed by atoms with Gasteiger partial charge in [0, 0.05) is 12.1 Å². The van der Waals surface area contributed by atoms with Gasteiger partial charge in [-0.05, 0) is 39.0 Å². The molecule has 23 heavy (non-hydrogen) atoms. The van der Waals surface area contributed by atoms with Gasteiger partial charge in [0.05, 0.1) is 12.7 Å². The van der Waals surface area contributed by atoms with E-state index in [1.807, 2.05) is 0 Å². The highest BCUT2D eigenvalue weighted by molar-refractivity contribution is 5.68. The summed E-state index contributed by atoms with van der Waals surface area (Å²) in [5.41, 5.74) is -1.11. The van der Waals surface area contributed by atoms with Gasteiger partial charge in [-0.25, -0.2) is 4.79 Å². The van der Waals surface area contributed by atoms with Crippen molar-refractivity contribution in [2.75, 3.05) is 13.7 Å². The van der Waals surface area contributed by atoms with Gasteiger partial charge in [0.25, 0.3) is 0 Å². The van der Waals surface area contributed by atoms with Crippen LogP contribution in [-0.4, -0.2) is 25.3 Å². The topological polar surface area (TPSA) is 47.6 Å². The van der Waals surface area contributed by atoms with Gasteiger partial charge in [0.1, 0.15) is 11.4 Å². The van der Waals surface area contributed by atoms with E-state index in [0.29, 0.717) is 5.75 Å². The van der Waals surface area contributed by atoms with E-state index < -0.39 is 23.4 Å². The maximum atomic E-state index is 12.7. The molecule has 0 saturated heterocycles. The van der Waals surface area contributed by atoms with Crippen LogP contribution >= 0.6 is 0 Å². The van der Waals surface area contributed by atoms with Gasteiger partial charge < -0.3 is 14.8 Å². The lowest BCUT2D eigenvalue weighted by Gasteiger charge is -2.19. The number of halogens is 3. The monoisotopic (exact) mass is 331 g/mol. The average molecular weight is 331 g/mol. The summed E-state index contributed by atoms with van der Waals surface area (Å²) in [5, 5.41) is 2.48. The van der Waals surface area contributed by atoms with E-state index in [0.717, 1.165) is 12.1 Å². The molecule has 0 aliphatic rings. The molecule has 0 unspecified atom stereocenters. The maximum Gasteiger partial charge on any atom is 0.416 e. The molecular weight excluding hydrogens is 311 g/mol. The third-order valence-corrected chi connectivity index (χ3v) is 2.62. The van der Waals surface area contributed by atoms with Crippen LogP contribution in [0.25, 0.3) is 6.08 Å². The van der Waals surface area contributed by atoms with Crippen LogP contribution in [0.4, 0.5) is 18.0 Å². The summed E-state index contributed by atoms with van der Waals surface area (Å²) in [6.07, 6.45) is -2.06. The highest BCUT2D eigenvalue weighted by Crippen LogP contribution is 2.32. The molecule has 0 bridgehead atoms. The summed E-state index contributed by atoms with van der Waals surface area (Å²) in [4.78, 5) is 11.4. The van der Waals surface area contributed by atoms with Crippen LogP contribution in [0.2, 0.25) is 0 Å². The molecule has 1 aromatic rings. The molecule has 0 fully saturated rings. The fourth-order valence-electron chi connectivity index (χ4n) is 1.68. The number of rotatable bonds is 4. The van der Waals surface area contributed by atoms with Crippen LogP contribution in [0.1, 0.15) is 31.9 Å². The second kappa shape index (κ2) is 7.39. The molecule has 1 amide bonds. The third kappa shape index (κ3) is 6.63. The molecule has 4 nitrogen and oxygen atoms in total. The van der Waals surface area contributed by atoms with Crippen molar-refractivity contribution in [2.45, 2.75) is 32.5 Å². The third-order valence-electron chi connectivity index (χ3n) is 2.62.